The van der Waals surface area contributed by atoms with E-state index in [9.17, 15) is 14.0 Å². The normalized spacial score (nSPS) is 11.6. The summed E-state index contributed by atoms with van der Waals surface area (Å²) in [4.78, 5) is 28.2. The minimum atomic E-state index is -0.668. The molecule has 1 atom stereocenters. The molecule has 3 aromatic rings. The standard InChI is InChI=1S/C28H31FN2O2S/c1-3-30-28(33)26(17-22-10-5-4-6-11-22)31(18-23-13-15-25(29)16-14-23)27(32)20-34-19-24-12-8-7-9-21(24)2/h4-16,26H,3,17-20H2,1-2H3,(H,30,33)/t26-/m1/s1. The number of thioether (sulfide) groups is 1. The van der Waals surface area contributed by atoms with E-state index in [2.05, 4.69) is 24.4 Å². The second kappa shape index (κ2) is 12.9. The number of halogens is 1. The zero-order chi connectivity index (χ0) is 24.3. The number of amides is 2. The first-order valence-corrected chi connectivity index (χ1v) is 12.6. The van der Waals surface area contributed by atoms with Gasteiger partial charge in [-0.25, -0.2) is 4.39 Å². The Balaban J connectivity index is 1.82. The third kappa shape index (κ3) is 7.45. The van der Waals surface area contributed by atoms with Crippen molar-refractivity contribution in [2.75, 3.05) is 12.3 Å². The second-order valence-corrected chi connectivity index (χ2v) is 9.15. The van der Waals surface area contributed by atoms with Crippen LogP contribution in [0.5, 0.6) is 0 Å². The van der Waals surface area contributed by atoms with Crippen LogP contribution in [0, 0.1) is 12.7 Å². The van der Waals surface area contributed by atoms with Gasteiger partial charge in [0.2, 0.25) is 11.8 Å². The van der Waals surface area contributed by atoms with Crippen LogP contribution in [0.4, 0.5) is 4.39 Å². The van der Waals surface area contributed by atoms with E-state index in [-0.39, 0.29) is 29.9 Å². The predicted molar refractivity (Wildman–Crippen MR) is 137 cm³/mol. The number of rotatable bonds is 11. The molecule has 0 radical (unpaired) electrons. The van der Waals surface area contributed by atoms with Gasteiger partial charge in [0, 0.05) is 25.3 Å². The highest BCUT2D eigenvalue weighted by molar-refractivity contribution is 7.99. The zero-order valence-electron chi connectivity index (χ0n) is 19.7. The van der Waals surface area contributed by atoms with Gasteiger partial charge in [-0.1, -0.05) is 66.7 Å². The van der Waals surface area contributed by atoms with Gasteiger partial charge >= 0.3 is 0 Å². The van der Waals surface area contributed by atoms with Gasteiger partial charge in [0.1, 0.15) is 11.9 Å². The maximum absolute atomic E-state index is 13.5. The Morgan fingerprint density at radius 1 is 0.941 bits per heavy atom. The smallest absolute Gasteiger partial charge is 0.243 e. The first kappa shape index (κ1) is 25.5. The summed E-state index contributed by atoms with van der Waals surface area (Å²) in [6.45, 7) is 4.63. The van der Waals surface area contributed by atoms with Crippen molar-refractivity contribution in [1.29, 1.82) is 0 Å². The molecule has 0 saturated heterocycles. The number of likely N-dealkylation sites (N-methyl/N-ethyl adjacent to an activating group) is 1. The van der Waals surface area contributed by atoms with Crippen molar-refractivity contribution in [2.45, 2.75) is 38.6 Å². The Bertz CT molecular complexity index is 1070. The predicted octanol–water partition coefficient (Wildman–Crippen LogP) is 5.14. The topological polar surface area (TPSA) is 49.4 Å². The molecule has 0 saturated carbocycles. The molecule has 3 aromatic carbocycles. The van der Waals surface area contributed by atoms with E-state index in [1.54, 1.807) is 17.0 Å². The SMILES string of the molecule is CCNC(=O)[C@@H](Cc1ccccc1)N(Cc1ccc(F)cc1)C(=O)CSCc1ccccc1C. The van der Waals surface area contributed by atoms with Crippen molar-refractivity contribution in [3.05, 3.63) is 107 Å². The molecule has 2 amide bonds. The molecule has 0 aliphatic rings. The average molecular weight is 479 g/mol. The summed E-state index contributed by atoms with van der Waals surface area (Å²) in [6.07, 6.45) is 0.405. The number of hydrogen-bond acceptors (Lipinski definition) is 3. The third-order valence-corrected chi connectivity index (χ3v) is 6.60. The molecule has 0 bridgehead atoms. The minimum absolute atomic E-state index is 0.116. The quantitative estimate of drug-likeness (QED) is 0.415. The van der Waals surface area contributed by atoms with Crippen LogP contribution in [0.1, 0.15) is 29.2 Å². The molecule has 6 heteroatoms. The highest BCUT2D eigenvalue weighted by Gasteiger charge is 2.30. The Labute approximate surface area is 205 Å². The maximum Gasteiger partial charge on any atom is 0.243 e. The lowest BCUT2D eigenvalue weighted by Crippen LogP contribution is -2.51. The molecule has 0 fully saturated rings. The van der Waals surface area contributed by atoms with Crippen molar-refractivity contribution in [3.63, 3.8) is 0 Å². The Morgan fingerprint density at radius 2 is 1.62 bits per heavy atom. The minimum Gasteiger partial charge on any atom is -0.355 e. The van der Waals surface area contributed by atoms with E-state index >= 15 is 0 Å². The van der Waals surface area contributed by atoms with Gasteiger partial charge in [0.05, 0.1) is 5.75 Å². The summed E-state index contributed by atoms with van der Waals surface area (Å²) in [5.74, 6) is 0.328. The Morgan fingerprint density at radius 3 is 2.29 bits per heavy atom. The largest absolute Gasteiger partial charge is 0.355 e. The molecular weight excluding hydrogens is 447 g/mol. The molecule has 3 rings (SSSR count). The van der Waals surface area contributed by atoms with E-state index in [1.807, 2.05) is 49.4 Å². The van der Waals surface area contributed by atoms with Crippen molar-refractivity contribution in [3.8, 4) is 0 Å². The molecule has 34 heavy (non-hydrogen) atoms. The van der Waals surface area contributed by atoms with Crippen molar-refractivity contribution in [1.82, 2.24) is 10.2 Å². The molecule has 0 unspecified atom stereocenters. The van der Waals surface area contributed by atoms with Gasteiger partial charge in [0.25, 0.3) is 0 Å². The molecule has 4 nitrogen and oxygen atoms in total. The van der Waals surface area contributed by atoms with Crippen LogP contribution < -0.4 is 5.32 Å². The van der Waals surface area contributed by atoms with E-state index in [4.69, 9.17) is 0 Å². The zero-order valence-corrected chi connectivity index (χ0v) is 20.5. The Hall–Kier alpha value is -3.12. The fraction of sp³-hybridized carbons (Fsp3) is 0.286. The number of nitrogens with one attached hydrogen (secondary N) is 1. The number of hydrogen-bond donors (Lipinski definition) is 1. The molecule has 0 heterocycles. The van der Waals surface area contributed by atoms with Crippen LogP contribution in [0.3, 0.4) is 0 Å². The Kier molecular flexibility index (Phi) is 9.71. The van der Waals surface area contributed by atoms with Crippen LogP contribution in [0.2, 0.25) is 0 Å². The molecule has 0 aliphatic heterocycles. The highest BCUT2D eigenvalue weighted by Crippen LogP contribution is 2.20. The summed E-state index contributed by atoms with van der Waals surface area (Å²) in [5, 5.41) is 2.89. The van der Waals surface area contributed by atoms with Crippen molar-refractivity contribution in [2.24, 2.45) is 0 Å². The lowest BCUT2D eigenvalue weighted by atomic mass is 10.0. The number of carbonyl (C=O) groups excluding carboxylic acids is 2. The fourth-order valence-electron chi connectivity index (χ4n) is 3.74. The fourth-order valence-corrected chi connectivity index (χ4v) is 4.72. The summed E-state index contributed by atoms with van der Waals surface area (Å²) in [7, 11) is 0. The van der Waals surface area contributed by atoms with E-state index in [1.165, 1.54) is 35.0 Å². The van der Waals surface area contributed by atoms with Gasteiger partial charge in [-0.15, -0.1) is 11.8 Å². The van der Waals surface area contributed by atoms with Gasteiger partial charge in [-0.2, -0.15) is 0 Å². The maximum atomic E-state index is 13.5. The lowest BCUT2D eigenvalue weighted by Gasteiger charge is -2.31. The van der Waals surface area contributed by atoms with E-state index < -0.39 is 6.04 Å². The summed E-state index contributed by atoms with van der Waals surface area (Å²) >= 11 is 1.54. The molecule has 178 valence electrons. The summed E-state index contributed by atoms with van der Waals surface area (Å²) in [6, 6.07) is 23.2. The molecular formula is C28H31FN2O2S. The van der Waals surface area contributed by atoms with Crippen molar-refractivity contribution < 1.29 is 14.0 Å². The van der Waals surface area contributed by atoms with E-state index in [0.29, 0.717) is 18.7 Å². The molecule has 0 aliphatic carbocycles. The molecule has 0 aromatic heterocycles. The second-order valence-electron chi connectivity index (χ2n) is 8.17. The monoisotopic (exact) mass is 478 g/mol. The lowest BCUT2D eigenvalue weighted by molar-refractivity contribution is -0.139. The van der Waals surface area contributed by atoms with Crippen LogP contribution in [-0.4, -0.2) is 35.1 Å². The van der Waals surface area contributed by atoms with Crippen LogP contribution in [-0.2, 0) is 28.3 Å². The number of carbonyl (C=O) groups is 2. The number of aryl methyl sites for hydroxylation is 1. The number of nitrogens with zero attached hydrogens (tertiary/aromatic N) is 1. The summed E-state index contributed by atoms with van der Waals surface area (Å²) in [5.41, 5.74) is 4.13. The first-order valence-electron chi connectivity index (χ1n) is 11.5. The average Bonchev–Trinajstić information content (AvgIpc) is 2.84. The molecule has 1 N–H and O–H groups in total. The number of benzene rings is 3. The third-order valence-electron chi connectivity index (χ3n) is 5.63. The van der Waals surface area contributed by atoms with Crippen LogP contribution >= 0.6 is 11.8 Å². The summed E-state index contributed by atoms with van der Waals surface area (Å²) < 4.78 is 13.5. The molecule has 0 spiro atoms. The van der Waals surface area contributed by atoms with Gasteiger partial charge in [0.15, 0.2) is 0 Å². The van der Waals surface area contributed by atoms with Crippen LogP contribution in [0.15, 0.2) is 78.9 Å². The first-order chi connectivity index (χ1) is 16.5. The van der Waals surface area contributed by atoms with E-state index in [0.717, 1.165) is 11.1 Å². The highest BCUT2D eigenvalue weighted by atomic mass is 32.2. The van der Waals surface area contributed by atoms with Crippen LogP contribution in [0.25, 0.3) is 0 Å². The van der Waals surface area contributed by atoms with Gasteiger partial charge in [-0.05, 0) is 48.2 Å². The van der Waals surface area contributed by atoms with Gasteiger partial charge in [-0.3, -0.25) is 9.59 Å². The van der Waals surface area contributed by atoms with Crippen molar-refractivity contribution >= 4 is 23.6 Å². The van der Waals surface area contributed by atoms with Gasteiger partial charge < -0.3 is 10.2 Å².